The third kappa shape index (κ3) is 5.23. The summed E-state index contributed by atoms with van der Waals surface area (Å²) in [6.07, 6.45) is 3.99. The summed E-state index contributed by atoms with van der Waals surface area (Å²) in [7, 11) is 0. The fourth-order valence-corrected chi connectivity index (χ4v) is 1.81. The zero-order valence-corrected chi connectivity index (χ0v) is 12.4. The van der Waals surface area contributed by atoms with E-state index in [1.165, 1.54) is 0 Å². The normalized spacial score (nSPS) is 12.8. The summed E-state index contributed by atoms with van der Waals surface area (Å²) in [5, 5.41) is 4.02. The third-order valence-corrected chi connectivity index (χ3v) is 2.97. The van der Waals surface area contributed by atoms with E-state index >= 15 is 0 Å². The molecule has 4 heteroatoms. The Morgan fingerprint density at radius 3 is 2.72 bits per heavy atom. The topological polar surface area (TPSA) is 34.1 Å². The Morgan fingerprint density at radius 1 is 1.39 bits per heavy atom. The van der Waals surface area contributed by atoms with Crippen LogP contribution >= 0.6 is 11.6 Å². The first-order valence-electron chi connectivity index (χ1n) is 6.57. The van der Waals surface area contributed by atoms with E-state index in [1.54, 1.807) is 6.20 Å². The van der Waals surface area contributed by atoms with Gasteiger partial charge in [0.15, 0.2) is 0 Å². The number of halogens is 1. The summed E-state index contributed by atoms with van der Waals surface area (Å²) in [6.45, 7) is 9.15. The number of nitrogens with zero attached hydrogens (tertiary/aromatic N) is 1. The zero-order valence-electron chi connectivity index (χ0n) is 11.7. The van der Waals surface area contributed by atoms with Crippen LogP contribution in [0.4, 0.5) is 0 Å². The van der Waals surface area contributed by atoms with Gasteiger partial charge in [0.05, 0.1) is 11.1 Å². The molecule has 1 aromatic heterocycles. The second-order valence-corrected chi connectivity index (χ2v) is 5.27. The molecule has 1 atom stereocenters. The quantitative estimate of drug-likeness (QED) is 0.818. The standard InChI is InChI=1S/C14H23ClN2O/c1-5-6-11(4)18-14-7-12(8-16-10(2)3)13(15)9-17-14/h7,9-11,16H,5-6,8H2,1-4H3. The first-order valence-corrected chi connectivity index (χ1v) is 6.95. The molecule has 0 saturated carbocycles. The molecule has 0 bridgehead atoms. The van der Waals surface area contributed by atoms with Crippen molar-refractivity contribution >= 4 is 11.6 Å². The predicted molar refractivity (Wildman–Crippen MR) is 76.2 cm³/mol. The maximum atomic E-state index is 6.12. The Kier molecular flexibility index (Phi) is 6.44. The molecular weight excluding hydrogens is 248 g/mol. The van der Waals surface area contributed by atoms with Gasteiger partial charge in [0.1, 0.15) is 0 Å². The average molecular weight is 271 g/mol. The molecule has 3 nitrogen and oxygen atoms in total. The number of hydrogen-bond acceptors (Lipinski definition) is 3. The van der Waals surface area contributed by atoms with Crippen LogP contribution < -0.4 is 10.1 Å². The lowest BCUT2D eigenvalue weighted by Gasteiger charge is -2.15. The molecule has 1 unspecified atom stereocenters. The summed E-state index contributed by atoms with van der Waals surface area (Å²) >= 11 is 6.12. The van der Waals surface area contributed by atoms with E-state index in [0.717, 1.165) is 24.9 Å². The van der Waals surface area contributed by atoms with Crippen molar-refractivity contribution in [2.75, 3.05) is 0 Å². The summed E-state index contributed by atoms with van der Waals surface area (Å²) in [5.74, 6) is 0.654. The van der Waals surface area contributed by atoms with E-state index < -0.39 is 0 Å². The van der Waals surface area contributed by atoms with Crippen molar-refractivity contribution in [1.82, 2.24) is 10.3 Å². The van der Waals surface area contributed by atoms with E-state index in [-0.39, 0.29) is 6.10 Å². The first kappa shape index (κ1) is 15.3. The van der Waals surface area contributed by atoms with Crippen molar-refractivity contribution in [1.29, 1.82) is 0 Å². The van der Waals surface area contributed by atoms with Gasteiger partial charge in [0.2, 0.25) is 5.88 Å². The van der Waals surface area contributed by atoms with Gasteiger partial charge < -0.3 is 10.1 Å². The molecule has 0 aliphatic carbocycles. The van der Waals surface area contributed by atoms with E-state index in [2.05, 4.69) is 38.0 Å². The number of nitrogens with one attached hydrogen (secondary N) is 1. The van der Waals surface area contributed by atoms with Gasteiger partial charge in [-0.2, -0.15) is 0 Å². The van der Waals surface area contributed by atoms with E-state index in [0.29, 0.717) is 16.9 Å². The minimum atomic E-state index is 0.189. The number of ether oxygens (including phenoxy) is 1. The van der Waals surface area contributed by atoms with Gasteiger partial charge in [0, 0.05) is 24.8 Å². The van der Waals surface area contributed by atoms with Gasteiger partial charge >= 0.3 is 0 Å². The molecular formula is C14H23ClN2O. The van der Waals surface area contributed by atoms with Gasteiger partial charge in [-0.1, -0.05) is 38.8 Å². The Morgan fingerprint density at radius 2 is 2.11 bits per heavy atom. The molecule has 0 fully saturated rings. The van der Waals surface area contributed by atoms with Crippen LogP contribution in [0.15, 0.2) is 12.3 Å². The van der Waals surface area contributed by atoms with E-state index in [9.17, 15) is 0 Å². The van der Waals surface area contributed by atoms with Crippen molar-refractivity contribution in [3.05, 3.63) is 22.8 Å². The Bertz CT molecular complexity index is 369. The van der Waals surface area contributed by atoms with Gasteiger partial charge in [-0.3, -0.25) is 0 Å². The smallest absolute Gasteiger partial charge is 0.213 e. The highest BCUT2D eigenvalue weighted by molar-refractivity contribution is 6.31. The largest absolute Gasteiger partial charge is 0.475 e. The number of hydrogen-bond donors (Lipinski definition) is 1. The maximum absolute atomic E-state index is 6.12. The van der Waals surface area contributed by atoms with Crippen LogP contribution in [0, 0.1) is 0 Å². The van der Waals surface area contributed by atoms with Crippen LogP contribution in [-0.2, 0) is 6.54 Å². The minimum Gasteiger partial charge on any atom is -0.475 e. The molecule has 1 heterocycles. The van der Waals surface area contributed by atoms with Gasteiger partial charge in [0.25, 0.3) is 0 Å². The van der Waals surface area contributed by atoms with Crippen LogP contribution in [0.25, 0.3) is 0 Å². The van der Waals surface area contributed by atoms with Crippen LogP contribution in [-0.4, -0.2) is 17.1 Å². The Balaban J connectivity index is 2.67. The van der Waals surface area contributed by atoms with Crippen LogP contribution in [0.3, 0.4) is 0 Å². The lowest BCUT2D eigenvalue weighted by molar-refractivity contribution is 0.201. The lowest BCUT2D eigenvalue weighted by atomic mass is 10.2. The summed E-state index contributed by atoms with van der Waals surface area (Å²) in [6, 6.07) is 2.35. The summed E-state index contributed by atoms with van der Waals surface area (Å²) in [4.78, 5) is 4.21. The SMILES string of the molecule is CCCC(C)Oc1cc(CNC(C)C)c(Cl)cn1. The van der Waals surface area contributed by atoms with Gasteiger partial charge in [-0.25, -0.2) is 4.98 Å². The molecule has 102 valence electrons. The zero-order chi connectivity index (χ0) is 13.5. The van der Waals surface area contributed by atoms with Gasteiger partial charge in [-0.15, -0.1) is 0 Å². The Hall–Kier alpha value is -0.800. The molecule has 0 aromatic carbocycles. The second kappa shape index (κ2) is 7.59. The monoisotopic (exact) mass is 270 g/mol. The maximum Gasteiger partial charge on any atom is 0.213 e. The molecule has 0 aliphatic rings. The number of pyridine rings is 1. The van der Waals surface area contributed by atoms with Crippen molar-refractivity contribution in [3.8, 4) is 5.88 Å². The number of aromatic nitrogens is 1. The summed E-state index contributed by atoms with van der Waals surface area (Å²) in [5.41, 5.74) is 1.03. The number of rotatable bonds is 7. The predicted octanol–water partition coefficient (Wildman–Crippen LogP) is 3.80. The molecule has 1 aromatic rings. The molecule has 0 saturated heterocycles. The molecule has 0 amide bonds. The third-order valence-electron chi connectivity index (χ3n) is 2.63. The van der Waals surface area contributed by atoms with Crippen LogP contribution in [0.1, 0.15) is 46.1 Å². The summed E-state index contributed by atoms with van der Waals surface area (Å²) < 4.78 is 5.76. The van der Waals surface area contributed by atoms with Crippen molar-refractivity contribution in [2.45, 2.75) is 59.2 Å². The molecule has 1 N–H and O–H groups in total. The van der Waals surface area contributed by atoms with E-state index in [1.807, 2.05) is 6.07 Å². The molecule has 0 radical (unpaired) electrons. The minimum absolute atomic E-state index is 0.189. The molecule has 0 aliphatic heterocycles. The highest BCUT2D eigenvalue weighted by atomic mass is 35.5. The van der Waals surface area contributed by atoms with Crippen LogP contribution in [0.5, 0.6) is 5.88 Å². The average Bonchev–Trinajstić information content (AvgIpc) is 2.30. The highest BCUT2D eigenvalue weighted by Gasteiger charge is 2.08. The van der Waals surface area contributed by atoms with Crippen molar-refractivity contribution in [3.63, 3.8) is 0 Å². The van der Waals surface area contributed by atoms with Crippen molar-refractivity contribution in [2.24, 2.45) is 0 Å². The lowest BCUT2D eigenvalue weighted by Crippen LogP contribution is -2.22. The van der Waals surface area contributed by atoms with Crippen LogP contribution in [0.2, 0.25) is 5.02 Å². The van der Waals surface area contributed by atoms with Crippen molar-refractivity contribution < 1.29 is 4.74 Å². The molecule has 1 rings (SSSR count). The van der Waals surface area contributed by atoms with E-state index in [4.69, 9.17) is 16.3 Å². The highest BCUT2D eigenvalue weighted by Crippen LogP contribution is 2.20. The van der Waals surface area contributed by atoms with Gasteiger partial charge in [-0.05, 0) is 18.9 Å². The fourth-order valence-electron chi connectivity index (χ4n) is 1.64. The fraction of sp³-hybridized carbons (Fsp3) is 0.643. The Labute approximate surface area is 115 Å². The molecule has 0 spiro atoms. The first-order chi connectivity index (χ1) is 8.52. The molecule has 18 heavy (non-hydrogen) atoms. The second-order valence-electron chi connectivity index (χ2n) is 4.87.